The van der Waals surface area contributed by atoms with Gasteiger partial charge < -0.3 is 10.1 Å². The molecule has 0 aliphatic rings. The highest BCUT2D eigenvalue weighted by Gasteiger charge is 2.10. The first kappa shape index (κ1) is 19.0. The average Bonchev–Trinajstić information content (AvgIpc) is 3.14. The van der Waals surface area contributed by atoms with Gasteiger partial charge in [-0.05, 0) is 74.0 Å². The molecule has 0 bridgehead atoms. The maximum Gasteiger partial charge on any atom is 0.255 e. The number of ether oxygens (including phenoxy) is 1. The van der Waals surface area contributed by atoms with Crippen LogP contribution in [0.5, 0.6) is 5.75 Å². The number of carbonyl (C=O) groups is 1. The van der Waals surface area contributed by atoms with Crippen LogP contribution in [0.1, 0.15) is 22.8 Å². The van der Waals surface area contributed by atoms with Crippen LogP contribution in [0.3, 0.4) is 0 Å². The van der Waals surface area contributed by atoms with E-state index < -0.39 is 0 Å². The van der Waals surface area contributed by atoms with Crippen molar-refractivity contribution in [2.24, 2.45) is 0 Å². The van der Waals surface area contributed by atoms with E-state index in [9.17, 15) is 4.79 Å². The lowest BCUT2D eigenvalue weighted by Gasteiger charge is -2.06. The molecule has 0 unspecified atom stereocenters. The van der Waals surface area contributed by atoms with Crippen molar-refractivity contribution in [2.75, 3.05) is 11.9 Å². The summed E-state index contributed by atoms with van der Waals surface area (Å²) >= 11 is 6.12. The number of aromatic nitrogens is 3. The molecule has 29 heavy (non-hydrogen) atoms. The molecule has 0 saturated carbocycles. The maximum absolute atomic E-state index is 12.5. The first-order valence-electron chi connectivity index (χ1n) is 9.21. The third kappa shape index (κ3) is 4.07. The van der Waals surface area contributed by atoms with E-state index in [4.69, 9.17) is 16.3 Å². The van der Waals surface area contributed by atoms with Gasteiger partial charge in [0.15, 0.2) is 0 Å². The van der Waals surface area contributed by atoms with Gasteiger partial charge in [0, 0.05) is 16.3 Å². The lowest BCUT2D eigenvalue weighted by Crippen LogP contribution is -2.11. The van der Waals surface area contributed by atoms with Crippen LogP contribution < -0.4 is 10.1 Å². The van der Waals surface area contributed by atoms with Gasteiger partial charge in [-0.3, -0.25) is 4.79 Å². The van der Waals surface area contributed by atoms with Crippen molar-refractivity contribution in [2.45, 2.75) is 13.8 Å². The number of hydrogen-bond donors (Lipinski definition) is 1. The van der Waals surface area contributed by atoms with E-state index in [0.29, 0.717) is 28.4 Å². The van der Waals surface area contributed by atoms with Gasteiger partial charge in [-0.25, -0.2) is 0 Å². The second kappa shape index (κ2) is 7.93. The number of aryl methyl sites for hydroxylation is 1. The fourth-order valence-electron chi connectivity index (χ4n) is 2.89. The molecular weight excluding hydrogens is 388 g/mol. The number of benzene rings is 3. The number of amides is 1. The molecule has 1 N–H and O–H groups in total. The molecule has 0 radical (unpaired) electrons. The summed E-state index contributed by atoms with van der Waals surface area (Å²) in [6.45, 7) is 4.46. The Hall–Kier alpha value is -3.38. The molecule has 0 aliphatic carbocycles. The molecule has 0 fully saturated rings. The van der Waals surface area contributed by atoms with Gasteiger partial charge >= 0.3 is 0 Å². The Bertz CT molecular complexity index is 1190. The third-order valence-corrected chi connectivity index (χ3v) is 4.86. The molecule has 0 saturated heterocycles. The van der Waals surface area contributed by atoms with Gasteiger partial charge in [0.25, 0.3) is 5.91 Å². The fraction of sp³-hybridized carbons (Fsp3) is 0.136. The van der Waals surface area contributed by atoms with E-state index in [0.717, 1.165) is 22.5 Å². The van der Waals surface area contributed by atoms with E-state index in [1.165, 1.54) is 0 Å². The zero-order valence-corrected chi connectivity index (χ0v) is 16.8. The van der Waals surface area contributed by atoms with Crippen LogP contribution in [0.4, 0.5) is 5.69 Å². The number of carbonyl (C=O) groups excluding carboxylic acids is 1. The molecule has 4 rings (SSSR count). The molecule has 3 aromatic carbocycles. The topological polar surface area (TPSA) is 69.0 Å². The number of rotatable bonds is 5. The molecular formula is C22H19ClN4O2. The van der Waals surface area contributed by atoms with E-state index in [-0.39, 0.29) is 5.91 Å². The number of hydrogen-bond acceptors (Lipinski definition) is 4. The van der Waals surface area contributed by atoms with E-state index in [1.807, 2.05) is 50.2 Å². The van der Waals surface area contributed by atoms with Gasteiger partial charge in [0.1, 0.15) is 16.8 Å². The van der Waals surface area contributed by atoms with Gasteiger partial charge in [0.2, 0.25) is 0 Å². The standard InChI is InChI=1S/C22H19ClN4O2/c1-3-29-18-9-7-17(8-10-18)27-25-20-11-6-16(13-21(20)26-27)24-22(28)15-5-4-14(2)19(23)12-15/h4-13H,3H2,1-2H3,(H,24,28). The van der Waals surface area contributed by atoms with Gasteiger partial charge in [-0.1, -0.05) is 17.7 Å². The lowest BCUT2D eigenvalue weighted by molar-refractivity contribution is 0.102. The van der Waals surface area contributed by atoms with Crippen LogP contribution in [-0.2, 0) is 0 Å². The molecule has 0 spiro atoms. The molecule has 146 valence electrons. The van der Waals surface area contributed by atoms with Crippen molar-refractivity contribution in [1.82, 2.24) is 15.0 Å². The summed E-state index contributed by atoms with van der Waals surface area (Å²) in [5.41, 5.74) is 4.30. The van der Waals surface area contributed by atoms with Crippen LogP contribution in [0.15, 0.2) is 60.7 Å². The van der Waals surface area contributed by atoms with Crippen molar-refractivity contribution in [3.8, 4) is 11.4 Å². The molecule has 0 aliphatic heterocycles. The highest BCUT2D eigenvalue weighted by molar-refractivity contribution is 6.31. The summed E-state index contributed by atoms with van der Waals surface area (Å²) in [6.07, 6.45) is 0. The Morgan fingerprint density at radius 2 is 1.79 bits per heavy atom. The van der Waals surface area contributed by atoms with Crippen LogP contribution in [0.2, 0.25) is 5.02 Å². The minimum absolute atomic E-state index is 0.231. The van der Waals surface area contributed by atoms with Crippen LogP contribution in [-0.4, -0.2) is 27.5 Å². The second-order valence-electron chi connectivity index (χ2n) is 6.54. The summed E-state index contributed by atoms with van der Waals surface area (Å²) in [4.78, 5) is 14.1. The Labute approximate surface area is 173 Å². The molecule has 6 nitrogen and oxygen atoms in total. The van der Waals surface area contributed by atoms with Crippen molar-refractivity contribution in [3.05, 3.63) is 76.8 Å². The highest BCUT2D eigenvalue weighted by atomic mass is 35.5. The van der Waals surface area contributed by atoms with Crippen molar-refractivity contribution in [1.29, 1.82) is 0 Å². The number of anilines is 1. The number of fused-ring (bicyclic) bond motifs is 1. The normalized spacial score (nSPS) is 10.9. The lowest BCUT2D eigenvalue weighted by atomic mass is 10.1. The fourth-order valence-corrected chi connectivity index (χ4v) is 3.07. The Kier molecular flexibility index (Phi) is 5.18. The summed E-state index contributed by atoms with van der Waals surface area (Å²) in [7, 11) is 0. The van der Waals surface area contributed by atoms with Gasteiger partial charge in [-0.15, -0.1) is 10.2 Å². The Morgan fingerprint density at radius 1 is 1.03 bits per heavy atom. The smallest absolute Gasteiger partial charge is 0.255 e. The Balaban J connectivity index is 1.56. The molecule has 0 atom stereocenters. The maximum atomic E-state index is 12.5. The van der Waals surface area contributed by atoms with Gasteiger partial charge in [0.05, 0.1) is 12.3 Å². The first-order valence-corrected chi connectivity index (χ1v) is 9.59. The minimum Gasteiger partial charge on any atom is -0.494 e. The van der Waals surface area contributed by atoms with Crippen molar-refractivity contribution >= 4 is 34.2 Å². The SMILES string of the molecule is CCOc1ccc(-n2nc3ccc(NC(=O)c4ccc(C)c(Cl)c4)cc3n2)cc1. The summed E-state index contributed by atoms with van der Waals surface area (Å²) in [6, 6.07) is 18.2. The molecule has 1 heterocycles. The molecule has 1 amide bonds. The van der Waals surface area contributed by atoms with E-state index in [2.05, 4.69) is 15.5 Å². The molecule has 4 aromatic rings. The van der Waals surface area contributed by atoms with Crippen LogP contribution in [0, 0.1) is 6.92 Å². The van der Waals surface area contributed by atoms with E-state index >= 15 is 0 Å². The largest absolute Gasteiger partial charge is 0.494 e. The quantitative estimate of drug-likeness (QED) is 0.504. The summed E-state index contributed by atoms with van der Waals surface area (Å²) in [5, 5.41) is 12.4. The van der Waals surface area contributed by atoms with E-state index in [1.54, 1.807) is 29.1 Å². The van der Waals surface area contributed by atoms with Crippen LogP contribution >= 0.6 is 11.6 Å². The zero-order valence-electron chi connectivity index (χ0n) is 16.0. The summed E-state index contributed by atoms with van der Waals surface area (Å²) in [5.74, 6) is 0.569. The van der Waals surface area contributed by atoms with Gasteiger partial charge in [-0.2, -0.15) is 4.80 Å². The summed E-state index contributed by atoms with van der Waals surface area (Å²) < 4.78 is 5.46. The van der Waals surface area contributed by atoms with Crippen molar-refractivity contribution in [3.63, 3.8) is 0 Å². The minimum atomic E-state index is -0.231. The van der Waals surface area contributed by atoms with Crippen molar-refractivity contribution < 1.29 is 9.53 Å². The predicted octanol–water partition coefficient (Wildman–Crippen LogP) is 5.03. The Morgan fingerprint density at radius 3 is 2.52 bits per heavy atom. The average molecular weight is 407 g/mol. The van der Waals surface area contributed by atoms with Crippen LogP contribution in [0.25, 0.3) is 16.7 Å². The monoisotopic (exact) mass is 406 g/mol. The highest BCUT2D eigenvalue weighted by Crippen LogP contribution is 2.21. The first-order chi connectivity index (χ1) is 14.0. The second-order valence-corrected chi connectivity index (χ2v) is 6.95. The molecule has 7 heteroatoms. The number of nitrogens with one attached hydrogen (secondary N) is 1. The molecule has 1 aromatic heterocycles. The number of halogens is 1. The third-order valence-electron chi connectivity index (χ3n) is 4.45. The number of nitrogens with zero attached hydrogens (tertiary/aromatic N) is 3. The zero-order chi connectivity index (χ0) is 20.4. The predicted molar refractivity (Wildman–Crippen MR) is 114 cm³/mol.